The fourth-order valence-electron chi connectivity index (χ4n) is 2.32. The number of likely N-dealkylation sites (N-methyl/N-ethyl adjacent to an activating group) is 1. The molecule has 2 aromatic rings. The summed E-state index contributed by atoms with van der Waals surface area (Å²) < 4.78 is 8.64. The fraction of sp³-hybridized carbons (Fsp3) is 0.250. The Kier molecular flexibility index (Phi) is 3.60. The van der Waals surface area contributed by atoms with E-state index in [0.29, 0.717) is 6.04 Å². The van der Waals surface area contributed by atoms with Gasteiger partial charge in [-0.3, -0.25) is 0 Å². The van der Waals surface area contributed by atoms with E-state index in [4.69, 9.17) is 4.18 Å². The molecule has 3 heteroatoms. The molecule has 2 nitrogen and oxygen atoms in total. The van der Waals surface area contributed by atoms with Gasteiger partial charge < -0.3 is 0 Å². The van der Waals surface area contributed by atoms with Gasteiger partial charge in [-0.2, -0.15) is 0 Å². The standard InChI is InChI=1S/C16H18NOS/c1-13-16(14-9-5-3-6-10-14)18-19(17(13)2)15-11-7-4-8-12-15/h3-13,16H,1-2H3/q+1/t13-,16+,19?/m0/s1. The van der Waals surface area contributed by atoms with Crippen LogP contribution in [0.3, 0.4) is 0 Å². The molecule has 1 aliphatic heterocycles. The molecule has 1 saturated heterocycles. The number of hydrogen-bond donors (Lipinski definition) is 0. The average molecular weight is 272 g/mol. The minimum atomic E-state index is -0.263. The number of nitrogens with zero attached hydrogens (tertiary/aromatic N) is 1. The maximum atomic E-state index is 6.31. The Bertz CT molecular complexity index is 481. The molecular weight excluding hydrogens is 254 g/mol. The highest BCUT2D eigenvalue weighted by Gasteiger charge is 2.49. The zero-order chi connectivity index (χ0) is 13.2. The number of rotatable bonds is 2. The molecule has 1 aliphatic rings. The smallest absolute Gasteiger partial charge is 0.137 e. The molecule has 0 amide bonds. The van der Waals surface area contributed by atoms with Crippen LogP contribution in [0.2, 0.25) is 0 Å². The van der Waals surface area contributed by atoms with Crippen LogP contribution in [0.15, 0.2) is 65.6 Å². The van der Waals surface area contributed by atoms with Gasteiger partial charge in [0, 0.05) is 7.05 Å². The normalized spacial score (nSPS) is 27.6. The zero-order valence-corrected chi connectivity index (χ0v) is 12.0. The molecule has 1 heterocycles. The van der Waals surface area contributed by atoms with Crippen LogP contribution in [0.25, 0.3) is 0 Å². The van der Waals surface area contributed by atoms with Gasteiger partial charge in [-0.1, -0.05) is 52.8 Å². The summed E-state index contributed by atoms with van der Waals surface area (Å²) >= 11 is -0.263. The maximum absolute atomic E-state index is 6.31. The third kappa shape index (κ3) is 2.41. The molecule has 3 atom stereocenters. The molecule has 1 fully saturated rings. The monoisotopic (exact) mass is 272 g/mol. The van der Waals surface area contributed by atoms with E-state index in [1.165, 1.54) is 10.5 Å². The van der Waals surface area contributed by atoms with Crippen molar-refractivity contribution in [2.75, 3.05) is 7.05 Å². The lowest BCUT2D eigenvalue weighted by molar-refractivity contribution is 0.219. The molecule has 1 unspecified atom stereocenters. The van der Waals surface area contributed by atoms with E-state index in [9.17, 15) is 0 Å². The Morgan fingerprint density at radius 2 is 1.53 bits per heavy atom. The first-order chi connectivity index (χ1) is 9.27. The Balaban J connectivity index is 1.88. The van der Waals surface area contributed by atoms with Crippen molar-refractivity contribution in [3.63, 3.8) is 0 Å². The van der Waals surface area contributed by atoms with Crippen LogP contribution in [-0.4, -0.2) is 17.4 Å². The van der Waals surface area contributed by atoms with Gasteiger partial charge in [-0.25, -0.2) is 0 Å². The van der Waals surface area contributed by atoms with Crippen molar-refractivity contribution in [1.82, 2.24) is 4.31 Å². The third-order valence-electron chi connectivity index (χ3n) is 3.54. The molecule has 0 saturated carbocycles. The summed E-state index contributed by atoms with van der Waals surface area (Å²) in [6.45, 7) is 2.23. The molecule has 0 aliphatic carbocycles. The number of hydrogen-bond acceptors (Lipinski definition) is 2. The second kappa shape index (κ2) is 5.37. The van der Waals surface area contributed by atoms with Crippen LogP contribution >= 0.6 is 0 Å². The van der Waals surface area contributed by atoms with E-state index in [0.717, 1.165) is 0 Å². The molecule has 2 aromatic carbocycles. The van der Waals surface area contributed by atoms with Crippen molar-refractivity contribution >= 4 is 11.4 Å². The molecular formula is C16H18NOS+. The highest BCUT2D eigenvalue weighted by atomic mass is 32.2. The zero-order valence-electron chi connectivity index (χ0n) is 11.2. The molecule has 19 heavy (non-hydrogen) atoms. The van der Waals surface area contributed by atoms with Gasteiger partial charge in [0.1, 0.15) is 0 Å². The van der Waals surface area contributed by atoms with E-state index in [-0.39, 0.29) is 17.5 Å². The Morgan fingerprint density at radius 3 is 2.16 bits per heavy atom. The molecule has 0 aromatic heterocycles. The van der Waals surface area contributed by atoms with Gasteiger partial charge in [0.15, 0.2) is 6.10 Å². The molecule has 98 valence electrons. The summed E-state index contributed by atoms with van der Waals surface area (Å²) in [5.74, 6) is 0. The summed E-state index contributed by atoms with van der Waals surface area (Å²) in [7, 11) is 2.14. The van der Waals surface area contributed by atoms with E-state index < -0.39 is 0 Å². The fourth-order valence-corrected chi connectivity index (χ4v) is 4.17. The third-order valence-corrected chi connectivity index (χ3v) is 5.46. The second-order valence-corrected chi connectivity index (χ2v) is 6.51. The van der Waals surface area contributed by atoms with Crippen LogP contribution in [0.4, 0.5) is 0 Å². The van der Waals surface area contributed by atoms with E-state index in [1.807, 2.05) is 12.1 Å². The first-order valence-corrected chi connectivity index (χ1v) is 7.62. The average Bonchev–Trinajstić information content (AvgIpc) is 2.77. The van der Waals surface area contributed by atoms with Gasteiger partial charge in [0.25, 0.3) is 11.4 Å². The predicted molar refractivity (Wildman–Crippen MR) is 79.6 cm³/mol. The summed E-state index contributed by atoms with van der Waals surface area (Å²) in [4.78, 5) is 1.25. The largest absolute Gasteiger partial charge is 0.281 e. The SMILES string of the molecule is C[C@H]1[C@H](c2ccccc2)O[S+](c2ccccc2)N1C. The highest BCUT2D eigenvalue weighted by molar-refractivity contribution is 7.90. The quantitative estimate of drug-likeness (QED) is 0.775. The minimum absolute atomic E-state index is 0.148. The summed E-state index contributed by atoms with van der Waals surface area (Å²) in [5.41, 5.74) is 1.26. The van der Waals surface area contributed by atoms with Gasteiger partial charge in [0.2, 0.25) is 4.90 Å². The van der Waals surface area contributed by atoms with Gasteiger partial charge >= 0.3 is 0 Å². The van der Waals surface area contributed by atoms with Crippen LogP contribution in [0.5, 0.6) is 0 Å². The van der Waals surface area contributed by atoms with Crippen LogP contribution in [-0.2, 0) is 15.5 Å². The summed E-state index contributed by atoms with van der Waals surface area (Å²) in [6, 6.07) is 21.3. The van der Waals surface area contributed by atoms with Gasteiger partial charge in [0.05, 0.1) is 6.04 Å². The van der Waals surface area contributed by atoms with Crippen molar-refractivity contribution in [1.29, 1.82) is 0 Å². The van der Waals surface area contributed by atoms with Crippen molar-refractivity contribution in [2.24, 2.45) is 0 Å². The topological polar surface area (TPSA) is 12.5 Å². The van der Waals surface area contributed by atoms with E-state index in [1.54, 1.807) is 0 Å². The van der Waals surface area contributed by atoms with Crippen LogP contribution < -0.4 is 0 Å². The number of benzene rings is 2. The second-order valence-electron chi connectivity index (χ2n) is 4.78. The first kappa shape index (κ1) is 12.7. The first-order valence-electron chi connectivity index (χ1n) is 6.52. The van der Waals surface area contributed by atoms with Crippen molar-refractivity contribution in [2.45, 2.75) is 24.0 Å². The molecule has 0 bridgehead atoms. The van der Waals surface area contributed by atoms with Crippen molar-refractivity contribution in [3.8, 4) is 0 Å². The Hall–Kier alpha value is -1.29. The lowest BCUT2D eigenvalue weighted by Crippen LogP contribution is -2.28. The Morgan fingerprint density at radius 1 is 0.947 bits per heavy atom. The highest BCUT2D eigenvalue weighted by Crippen LogP contribution is 2.39. The van der Waals surface area contributed by atoms with E-state index >= 15 is 0 Å². The lowest BCUT2D eigenvalue weighted by Gasteiger charge is -2.11. The predicted octanol–water partition coefficient (Wildman–Crippen LogP) is 3.59. The molecule has 0 radical (unpaired) electrons. The Labute approximate surface area is 117 Å². The maximum Gasteiger partial charge on any atom is 0.281 e. The van der Waals surface area contributed by atoms with E-state index in [2.05, 4.69) is 66.8 Å². The molecule has 0 N–H and O–H groups in total. The summed E-state index contributed by atoms with van der Waals surface area (Å²) in [6.07, 6.45) is 0.148. The molecule has 0 spiro atoms. The summed E-state index contributed by atoms with van der Waals surface area (Å²) in [5, 5.41) is 0. The lowest BCUT2D eigenvalue weighted by atomic mass is 10.0. The van der Waals surface area contributed by atoms with Gasteiger partial charge in [-0.15, -0.1) is 4.18 Å². The minimum Gasteiger partial charge on any atom is -0.137 e. The van der Waals surface area contributed by atoms with Crippen molar-refractivity contribution in [3.05, 3.63) is 66.2 Å². The van der Waals surface area contributed by atoms with Crippen molar-refractivity contribution < 1.29 is 4.18 Å². The van der Waals surface area contributed by atoms with Gasteiger partial charge in [-0.05, 0) is 24.6 Å². The van der Waals surface area contributed by atoms with Crippen LogP contribution in [0.1, 0.15) is 18.6 Å². The van der Waals surface area contributed by atoms with Crippen LogP contribution in [0, 0.1) is 0 Å². The molecule has 3 rings (SSSR count).